The van der Waals surface area contributed by atoms with Gasteiger partial charge in [-0.15, -0.1) is 0 Å². The number of anilines is 1. The summed E-state index contributed by atoms with van der Waals surface area (Å²) in [5, 5.41) is 6.15. The van der Waals surface area contributed by atoms with Crippen molar-refractivity contribution < 1.29 is 9.18 Å². The zero-order chi connectivity index (χ0) is 18.4. The molecule has 3 aromatic rings. The zero-order valence-electron chi connectivity index (χ0n) is 14.0. The van der Waals surface area contributed by atoms with E-state index in [2.05, 4.69) is 10.6 Å². The Balaban J connectivity index is 1.72. The van der Waals surface area contributed by atoms with Crippen molar-refractivity contribution >= 4 is 23.2 Å². The molecule has 0 spiro atoms. The van der Waals surface area contributed by atoms with E-state index in [-0.39, 0.29) is 24.2 Å². The Morgan fingerprint density at radius 2 is 1.50 bits per heavy atom. The Morgan fingerprint density at radius 1 is 0.923 bits per heavy atom. The summed E-state index contributed by atoms with van der Waals surface area (Å²) in [6, 6.07) is 23.6. The van der Waals surface area contributed by atoms with Gasteiger partial charge in [-0.1, -0.05) is 72.3 Å². The summed E-state index contributed by atoms with van der Waals surface area (Å²) in [5.74, 6) is -0.867. The molecule has 26 heavy (non-hydrogen) atoms. The van der Waals surface area contributed by atoms with E-state index in [1.165, 1.54) is 18.2 Å². The number of nitrogens with one attached hydrogen (secondary N) is 2. The van der Waals surface area contributed by atoms with Crippen molar-refractivity contribution in [3.8, 4) is 0 Å². The number of benzene rings is 3. The second-order valence-electron chi connectivity index (χ2n) is 5.81. The van der Waals surface area contributed by atoms with Crippen LogP contribution in [0.3, 0.4) is 0 Å². The Kier molecular flexibility index (Phi) is 6.00. The van der Waals surface area contributed by atoms with Gasteiger partial charge >= 0.3 is 0 Å². The van der Waals surface area contributed by atoms with Gasteiger partial charge in [0.2, 0.25) is 5.91 Å². The van der Waals surface area contributed by atoms with Crippen molar-refractivity contribution in [3.05, 3.63) is 101 Å². The predicted molar refractivity (Wildman–Crippen MR) is 103 cm³/mol. The summed E-state index contributed by atoms with van der Waals surface area (Å²) in [6.45, 7) is 0.0282. The average molecular weight is 369 g/mol. The summed E-state index contributed by atoms with van der Waals surface area (Å²) in [5.41, 5.74) is 2.15. The van der Waals surface area contributed by atoms with E-state index in [9.17, 15) is 9.18 Å². The molecular weight excluding hydrogens is 351 g/mol. The first kappa shape index (κ1) is 18.1. The minimum Gasteiger partial charge on any atom is -0.322 e. The van der Waals surface area contributed by atoms with E-state index in [1.807, 2.05) is 60.7 Å². The van der Waals surface area contributed by atoms with E-state index in [0.717, 1.165) is 11.1 Å². The SMILES string of the molecule is O=C(CNC(c1ccccc1)c1ccccc1)Nc1cc(Cl)ccc1F. The number of hydrogen-bond donors (Lipinski definition) is 2. The van der Waals surface area contributed by atoms with Crippen molar-refractivity contribution in [3.63, 3.8) is 0 Å². The maximum absolute atomic E-state index is 13.8. The third kappa shape index (κ3) is 4.69. The highest BCUT2D eigenvalue weighted by molar-refractivity contribution is 6.30. The predicted octanol–water partition coefficient (Wildman–Crippen LogP) is 4.80. The molecule has 0 aliphatic rings. The average Bonchev–Trinajstić information content (AvgIpc) is 2.67. The number of rotatable bonds is 6. The Hall–Kier alpha value is -2.69. The normalized spacial score (nSPS) is 10.7. The van der Waals surface area contributed by atoms with Gasteiger partial charge in [0, 0.05) is 5.02 Å². The molecule has 5 heteroatoms. The van der Waals surface area contributed by atoms with Gasteiger partial charge < -0.3 is 5.32 Å². The van der Waals surface area contributed by atoms with Crippen LogP contribution >= 0.6 is 11.6 Å². The van der Waals surface area contributed by atoms with Crippen LogP contribution in [0.1, 0.15) is 17.2 Å². The minimum absolute atomic E-state index is 0.0282. The van der Waals surface area contributed by atoms with Gasteiger partial charge in [0.05, 0.1) is 18.3 Å². The topological polar surface area (TPSA) is 41.1 Å². The Labute approximate surface area is 156 Å². The molecule has 0 fully saturated rings. The van der Waals surface area contributed by atoms with Gasteiger partial charge in [-0.2, -0.15) is 0 Å². The van der Waals surface area contributed by atoms with Crippen LogP contribution in [0.5, 0.6) is 0 Å². The highest BCUT2D eigenvalue weighted by atomic mass is 35.5. The first-order chi connectivity index (χ1) is 12.6. The molecule has 0 aliphatic heterocycles. The standard InChI is InChI=1S/C21H18ClFN2O/c22-17-11-12-18(23)19(13-17)25-20(26)14-24-21(15-7-3-1-4-8-15)16-9-5-2-6-10-16/h1-13,21,24H,14H2,(H,25,26). The monoisotopic (exact) mass is 368 g/mol. The van der Waals surface area contributed by atoms with Crippen LogP contribution in [-0.4, -0.2) is 12.5 Å². The number of hydrogen-bond acceptors (Lipinski definition) is 2. The molecule has 0 bridgehead atoms. The zero-order valence-corrected chi connectivity index (χ0v) is 14.7. The molecule has 0 saturated carbocycles. The molecule has 3 aromatic carbocycles. The Morgan fingerprint density at radius 3 is 2.08 bits per heavy atom. The fraction of sp³-hybridized carbons (Fsp3) is 0.0952. The highest BCUT2D eigenvalue weighted by Crippen LogP contribution is 2.22. The molecule has 3 nitrogen and oxygen atoms in total. The quantitative estimate of drug-likeness (QED) is 0.656. The molecule has 0 saturated heterocycles. The molecule has 0 unspecified atom stereocenters. The van der Waals surface area contributed by atoms with Crippen LogP contribution in [0.2, 0.25) is 5.02 Å². The van der Waals surface area contributed by atoms with Crippen molar-refractivity contribution in [1.29, 1.82) is 0 Å². The number of carbonyl (C=O) groups is 1. The largest absolute Gasteiger partial charge is 0.322 e. The van der Waals surface area contributed by atoms with Crippen molar-refractivity contribution in [2.24, 2.45) is 0 Å². The molecule has 2 N–H and O–H groups in total. The van der Waals surface area contributed by atoms with E-state index >= 15 is 0 Å². The van der Waals surface area contributed by atoms with E-state index in [1.54, 1.807) is 0 Å². The second-order valence-corrected chi connectivity index (χ2v) is 6.24. The molecular formula is C21H18ClFN2O. The summed E-state index contributed by atoms with van der Waals surface area (Å²) in [4.78, 5) is 12.3. The lowest BCUT2D eigenvalue weighted by Gasteiger charge is -2.20. The smallest absolute Gasteiger partial charge is 0.238 e. The summed E-state index contributed by atoms with van der Waals surface area (Å²) < 4.78 is 13.8. The van der Waals surface area contributed by atoms with Crippen molar-refractivity contribution in [2.75, 3.05) is 11.9 Å². The van der Waals surface area contributed by atoms with Crippen LogP contribution in [0.25, 0.3) is 0 Å². The van der Waals surface area contributed by atoms with Gasteiger partial charge in [-0.25, -0.2) is 4.39 Å². The fourth-order valence-electron chi connectivity index (χ4n) is 2.70. The van der Waals surface area contributed by atoms with Crippen LogP contribution in [-0.2, 0) is 4.79 Å². The lowest BCUT2D eigenvalue weighted by Crippen LogP contribution is -2.32. The van der Waals surface area contributed by atoms with Crippen LogP contribution < -0.4 is 10.6 Å². The van der Waals surface area contributed by atoms with Crippen LogP contribution in [0, 0.1) is 5.82 Å². The number of carbonyl (C=O) groups excluding carboxylic acids is 1. The summed E-state index contributed by atoms with van der Waals surface area (Å²) in [7, 11) is 0. The van der Waals surface area contributed by atoms with Gasteiger partial charge in [0.1, 0.15) is 5.82 Å². The third-order valence-electron chi connectivity index (χ3n) is 3.94. The minimum atomic E-state index is -0.523. The van der Waals surface area contributed by atoms with E-state index in [0.29, 0.717) is 5.02 Å². The molecule has 0 atom stereocenters. The van der Waals surface area contributed by atoms with Gasteiger partial charge in [-0.05, 0) is 29.3 Å². The Bertz CT molecular complexity index is 832. The molecule has 0 radical (unpaired) electrons. The fourth-order valence-corrected chi connectivity index (χ4v) is 2.87. The van der Waals surface area contributed by atoms with Crippen LogP contribution in [0.4, 0.5) is 10.1 Å². The van der Waals surface area contributed by atoms with E-state index < -0.39 is 5.82 Å². The molecule has 132 valence electrons. The summed E-state index contributed by atoms with van der Waals surface area (Å²) >= 11 is 5.85. The van der Waals surface area contributed by atoms with Gasteiger partial charge in [-0.3, -0.25) is 10.1 Å². The maximum Gasteiger partial charge on any atom is 0.238 e. The first-order valence-corrected chi connectivity index (χ1v) is 8.59. The molecule has 0 aliphatic carbocycles. The highest BCUT2D eigenvalue weighted by Gasteiger charge is 2.15. The molecule has 3 rings (SSSR count). The number of halogens is 2. The third-order valence-corrected chi connectivity index (χ3v) is 4.17. The lowest BCUT2D eigenvalue weighted by atomic mass is 9.99. The molecule has 0 aromatic heterocycles. The van der Waals surface area contributed by atoms with Gasteiger partial charge in [0.15, 0.2) is 0 Å². The molecule has 0 heterocycles. The lowest BCUT2D eigenvalue weighted by molar-refractivity contribution is -0.115. The maximum atomic E-state index is 13.8. The second kappa shape index (κ2) is 8.61. The van der Waals surface area contributed by atoms with Crippen molar-refractivity contribution in [1.82, 2.24) is 5.32 Å². The van der Waals surface area contributed by atoms with Gasteiger partial charge in [0.25, 0.3) is 0 Å². The molecule has 1 amide bonds. The van der Waals surface area contributed by atoms with Crippen LogP contribution in [0.15, 0.2) is 78.9 Å². The van der Waals surface area contributed by atoms with E-state index in [4.69, 9.17) is 11.6 Å². The van der Waals surface area contributed by atoms with Crippen molar-refractivity contribution in [2.45, 2.75) is 6.04 Å². The first-order valence-electron chi connectivity index (χ1n) is 8.21. The number of amides is 1. The summed E-state index contributed by atoms with van der Waals surface area (Å²) in [6.07, 6.45) is 0.